The lowest BCUT2D eigenvalue weighted by molar-refractivity contribution is 0.382. The van der Waals surface area contributed by atoms with E-state index in [2.05, 4.69) is 0 Å². The van der Waals surface area contributed by atoms with Gasteiger partial charge >= 0.3 is 0 Å². The summed E-state index contributed by atoms with van der Waals surface area (Å²) in [5, 5.41) is 1.90. The Morgan fingerprint density at radius 2 is 1.80 bits per heavy atom. The molecule has 2 aliphatic rings. The molecule has 0 bridgehead atoms. The summed E-state index contributed by atoms with van der Waals surface area (Å²) in [6.07, 6.45) is 4.68. The Morgan fingerprint density at radius 3 is 2.25 bits per heavy atom. The highest BCUT2D eigenvalue weighted by Crippen LogP contribution is 2.37. The minimum atomic E-state index is -3.38. The molecule has 0 aliphatic heterocycles. The molecule has 1 aromatic rings. The van der Waals surface area contributed by atoms with Crippen molar-refractivity contribution in [1.29, 1.82) is 0 Å². The number of sulfonamides is 1. The van der Waals surface area contributed by atoms with Gasteiger partial charge in [0.15, 0.2) is 0 Å². The van der Waals surface area contributed by atoms with Crippen LogP contribution < -0.4 is 5.73 Å². The Morgan fingerprint density at radius 1 is 1.25 bits per heavy atom. The smallest absolute Gasteiger partial charge is 0.244 e. The SMILES string of the molecule is Cc1csc(CN)c1S(=O)(=O)N(CC1CC1)CC1CC1. The Labute approximate surface area is 125 Å². The van der Waals surface area contributed by atoms with Crippen molar-refractivity contribution in [2.45, 2.75) is 44.0 Å². The van der Waals surface area contributed by atoms with Gasteiger partial charge in [0.25, 0.3) is 0 Å². The van der Waals surface area contributed by atoms with Gasteiger partial charge in [-0.05, 0) is 55.4 Å². The molecule has 1 aromatic heterocycles. The molecule has 1 heterocycles. The van der Waals surface area contributed by atoms with Gasteiger partial charge in [0.1, 0.15) is 4.90 Å². The first-order valence-corrected chi connectivity index (χ1v) is 9.61. The standard InChI is InChI=1S/C14H22N2O2S2/c1-10-9-19-13(6-15)14(10)20(17,18)16(7-11-2-3-11)8-12-4-5-12/h9,11-12H,2-8,15H2,1H3. The monoisotopic (exact) mass is 314 g/mol. The molecule has 0 saturated heterocycles. The number of nitrogens with two attached hydrogens (primary N) is 1. The summed E-state index contributed by atoms with van der Waals surface area (Å²) < 4.78 is 27.7. The summed E-state index contributed by atoms with van der Waals surface area (Å²) >= 11 is 1.46. The first-order valence-electron chi connectivity index (χ1n) is 7.29. The van der Waals surface area contributed by atoms with E-state index in [0.717, 1.165) is 10.4 Å². The molecular formula is C14H22N2O2S2. The van der Waals surface area contributed by atoms with Gasteiger partial charge in [-0.3, -0.25) is 0 Å². The van der Waals surface area contributed by atoms with E-state index in [9.17, 15) is 8.42 Å². The summed E-state index contributed by atoms with van der Waals surface area (Å²) in [6.45, 7) is 3.55. The fourth-order valence-electron chi connectivity index (χ4n) is 2.55. The van der Waals surface area contributed by atoms with Crippen molar-refractivity contribution < 1.29 is 8.42 Å². The number of hydrogen-bond acceptors (Lipinski definition) is 4. The lowest BCUT2D eigenvalue weighted by atomic mass is 10.3. The van der Waals surface area contributed by atoms with E-state index >= 15 is 0 Å². The molecule has 0 spiro atoms. The zero-order chi connectivity index (χ0) is 14.3. The first-order chi connectivity index (χ1) is 9.52. The quantitative estimate of drug-likeness (QED) is 0.840. The summed E-state index contributed by atoms with van der Waals surface area (Å²) in [5.74, 6) is 1.15. The molecule has 6 heteroatoms. The highest BCUT2D eigenvalue weighted by molar-refractivity contribution is 7.89. The van der Waals surface area contributed by atoms with E-state index in [-0.39, 0.29) is 0 Å². The molecule has 3 rings (SSSR count). The Bertz CT molecular complexity index is 572. The second-order valence-corrected chi connectivity index (χ2v) is 8.92. The second-order valence-electron chi connectivity index (χ2n) is 6.08. The van der Waals surface area contributed by atoms with Crippen LogP contribution in [0.2, 0.25) is 0 Å². The van der Waals surface area contributed by atoms with Crippen molar-refractivity contribution >= 4 is 21.4 Å². The van der Waals surface area contributed by atoms with Crippen molar-refractivity contribution in [2.24, 2.45) is 17.6 Å². The number of rotatable bonds is 7. The molecular weight excluding hydrogens is 292 g/mol. The van der Waals surface area contributed by atoms with Crippen molar-refractivity contribution in [2.75, 3.05) is 13.1 Å². The molecule has 0 amide bonds. The van der Waals surface area contributed by atoms with Gasteiger partial charge in [0, 0.05) is 24.5 Å². The van der Waals surface area contributed by atoms with Crippen LogP contribution in [-0.4, -0.2) is 25.8 Å². The van der Waals surface area contributed by atoms with E-state index in [1.807, 2.05) is 12.3 Å². The molecule has 2 N–H and O–H groups in total. The minimum Gasteiger partial charge on any atom is -0.326 e. The molecule has 2 aliphatic carbocycles. The fourth-order valence-corrected chi connectivity index (χ4v) is 5.80. The number of aryl methyl sites for hydroxylation is 1. The van der Waals surface area contributed by atoms with E-state index in [4.69, 9.17) is 5.73 Å². The van der Waals surface area contributed by atoms with Gasteiger partial charge in [-0.1, -0.05) is 0 Å². The maximum absolute atomic E-state index is 13.0. The van der Waals surface area contributed by atoms with Crippen LogP contribution in [-0.2, 0) is 16.6 Å². The molecule has 112 valence electrons. The van der Waals surface area contributed by atoms with Crippen LogP contribution in [0.25, 0.3) is 0 Å². The fraction of sp³-hybridized carbons (Fsp3) is 0.714. The highest BCUT2D eigenvalue weighted by atomic mass is 32.2. The zero-order valence-corrected chi connectivity index (χ0v) is 13.5. The van der Waals surface area contributed by atoms with Gasteiger partial charge < -0.3 is 5.73 Å². The molecule has 0 unspecified atom stereocenters. The van der Waals surface area contributed by atoms with Crippen molar-refractivity contribution in [3.8, 4) is 0 Å². The van der Waals surface area contributed by atoms with E-state index < -0.39 is 10.0 Å². The Hall–Kier alpha value is -0.430. The first kappa shape index (κ1) is 14.5. The van der Waals surface area contributed by atoms with E-state index in [0.29, 0.717) is 36.4 Å². The summed E-state index contributed by atoms with van der Waals surface area (Å²) in [4.78, 5) is 1.27. The topological polar surface area (TPSA) is 63.4 Å². The van der Waals surface area contributed by atoms with E-state index in [1.54, 1.807) is 4.31 Å². The molecule has 0 radical (unpaired) electrons. The molecule has 2 saturated carbocycles. The normalized spacial score (nSPS) is 19.8. The van der Waals surface area contributed by atoms with E-state index in [1.165, 1.54) is 37.0 Å². The average molecular weight is 314 g/mol. The maximum Gasteiger partial charge on any atom is 0.244 e. The predicted molar refractivity (Wildman–Crippen MR) is 81.2 cm³/mol. The van der Waals surface area contributed by atoms with Crippen LogP contribution in [0.5, 0.6) is 0 Å². The predicted octanol–water partition coefficient (Wildman–Crippen LogP) is 2.33. The minimum absolute atomic E-state index is 0.299. The van der Waals surface area contributed by atoms with Crippen molar-refractivity contribution in [3.63, 3.8) is 0 Å². The number of thiophene rings is 1. The molecule has 0 atom stereocenters. The van der Waals surface area contributed by atoms with Gasteiger partial charge in [-0.25, -0.2) is 8.42 Å². The van der Waals surface area contributed by atoms with Crippen LogP contribution in [0.4, 0.5) is 0 Å². The lowest BCUT2D eigenvalue weighted by Crippen LogP contribution is -2.35. The second kappa shape index (κ2) is 5.40. The third-order valence-electron chi connectivity index (χ3n) is 4.09. The number of nitrogens with zero attached hydrogens (tertiary/aromatic N) is 1. The summed E-state index contributed by atoms with van der Waals surface area (Å²) in [6, 6.07) is 0. The van der Waals surface area contributed by atoms with Crippen LogP contribution in [0.1, 0.15) is 36.1 Å². The maximum atomic E-state index is 13.0. The lowest BCUT2D eigenvalue weighted by Gasteiger charge is -2.22. The zero-order valence-electron chi connectivity index (χ0n) is 11.8. The third-order valence-corrected chi connectivity index (χ3v) is 7.41. The summed E-state index contributed by atoms with van der Waals surface area (Å²) in [7, 11) is -3.38. The van der Waals surface area contributed by atoms with Crippen LogP contribution in [0, 0.1) is 18.8 Å². The largest absolute Gasteiger partial charge is 0.326 e. The van der Waals surface area contributed by atoms with Crippen LogP contribution >= 0.6 is 11.3 Å². The Balaban J connectivity index is 1.91. The van der Waals surface area contributed by atoms with Crippen molar-refractivity contribution in [1.82, 2.24) is 4.31 Å². The van der Waals surface area contributed by atoms with Gasteiger partial charge in [0.05, 0.1) is 0 Å². The molecule has 2 fully saturated rings. The Kier molecular flexibility index (Phi) is 3.92. The average Bonchev–Trinajstić information content (AvgIpc) is 3.30. The van der Waals surface area contributed by atoms with Gasteiger partial charge in [-0.2, -0.15) is 4.31 Å². The van der Waals surface area contributed by atoms with Crippen LogP contribution in [0.15, 0.2) is 10.3 Å². The highest BCUT2D eigenvalue weighted by Gasteiger charge is 2.37. The molecule has 0 aromatic carbocycles. The number of hydrogen-bond donors (Lipinski definition) is 1. The molecule has 4 nitrogen and oxygen atoms in total. The molecule has 20 heavy (non-hydrogen) atoms. The van der Waals surface area contributed by atoms with Crippen molar-refractivity contribution in [3.05, 3.63) is 15.8 Å². The van der Waals surface area contributed by atoms with Crippen LogP contribution in [0.3, 0.4) is 0 Å². The summed E-state index contributed by atoms with van der Waals surface area (Å²) in [5.41, 5.74) is 6.56. The third kappa shape index (κ3) is 2.93. The van der Waals surface area contributed by atoms with Gasteiger partial charge in [-0.15, -0.1) is 11.3 Å². The van der Waals surface area contributed by atoms with Gasteiger partial charge in [0.2, 0.25) is 10.0 Å².